The van der Waals surface area contributed by atoms with Crippen molar-refractivity contribution in [1.82, 2.24) is 19.7 Å². The van der Waals surface area contributed by atoms with Crippen LogP contribution in [-0.4, -0.2) is 19.7 Å². The van der Waals surface area contributed by atoms with Crippen LogP contribution < -0.4 is 16.6 Å². The van der Waals surface area contributed by atoms with Gasteiger partial charge in [-0.3, -0.25) is 10.1 Å². The Labute approximate surface area is 112 Å². The van der Waals surface area contributed by atoms with E-state index in [-0.39, 0.29) is 18.3 Å². The third kappa shape index (κ3) is 3.35. The molecule has 0 aliphatic carbocycles. The van der Waals surface area contributed by atoms with E-state index < -0.39 is 11.9 Å². The molecule has 7 nitrogen and oxygen atoms in total. The molecule has 0 atom stereocenters. The van der Waals surface area contributed by atoms with Crippen molar-refractivity contribution in [1.29, 1.82) is 0 Å². The Morgan fingerprint density at radius 1 is 1.35 bits per heavy atom. The molecular weight excluding hydrogens is 275 g/mol. The fourth-order valence-corrected chi connectivity index (χ4v) is 1.49. The van der Waals surface area contributed by atoms with E-state index in [1.807, 2.05) is 5.43 Å². The lowest BCUT2D eigenvalue weighted by Gasteiger charge is -2.10. The lowest BCUT2D eigenvalue weighted by Crippen LogP contribution is -2.17. The zero-order chi connectivity index (χ0) is 14.8. The average Bonchev–Trinajstić information content (AvgIpc) is 2.81. The van der Waals surface area contributed by atoms with Gasteiger partial charge in [0, 0.05) is 19.3 Å². The number of aryl methyl sites for hydroxylation is 1. The summed E-state index contributed by atoms with van der Waals surface area (Å²) in [6, 6.07) is 2.55. The lowest BCUT2D eigenvalue weighted by molar-refractivity contribution is -0.141. The number of alkyl halides is 3. The Morgan fingerprint density at radius 2 is 2.10 bits per heavy atom. The van der Waals surface area contributed by atoms with Gasteiger partial charge >= 0.3 is 6.18 Å². The first-order valence-corrected chi connectivity index (χ1v) is 5.54. The second-order valence-corrected chi connectivity index (χ2v) is 3.94. The van der Waals surface area contributed by atoms with Crippen molar-refractivity contribution in [2.75, 3.05) is 10.7 Å². The Kier molecular flexibility index (Phi) is 3.74. The molecule has 10 heteroatoms. The molecule has 0 aliphatic heterocycles. The molecule has 0 saturated heterocycles. The van der Waals surface area contributed by atoms with Crippen LogP contribution in [0.25, 0.3) is 0 Å². The molecule has 2 aromatic heterocycles. The molecule has 2 heterocycles. The molecule has 0 aromatic carbocycles. The number of halogens is 3. The smallest absolute Gasteiger partial charge is 0.364 e. The summed E-state index contributed by atoms with van der Waals surface area (Å²) in [4.78, 5) is 7.04. The molecule has 0 bridgehead atoms. The lowest BCUT2D eigenvalue weighted by atomic mass is 10.3. The Morgan fingerprint density at radius 3 is 2.65 bits per heavy atom. The van der Waals surface area contributed by atoms with E-state index in [2.05, 4.69) is 20.4 Å². The van der Waals surface area contributed by atoms with Crippen molar-refractivity contribution in [2.45, 2.75) is 12.7 Å². The number of hydrogen-bond acceptors (Lipinski definition) is 6. The predicted molar refractivity (Wildman–Crippen MR) is 65.4 cm³/mol. The first-order chi connectivity index (χ1) is 9.38. The van der Waals surface area contributed by atoms with E-state index in [9.17, 15) is 13.2 Å². The second-order valence-electron chi connectivity index (χ2n) is 3.94. The molecule has 0 aliphatic rings. The highest BCUT2D eigenvalue weighted by molar-refractivity contribution is 5.42. The highest BCUT2D eigenvalue weighted by Gasteiger charge is 2.33. The van der Waals surface area contributed by atoms with Crippen LogP contribution in [0.2, 0.25) is 0 Å². The SMILES string of the molecule is Cn1ccc(CNc2cc(C(F)(F)F)nc(NN)n2)n1. The Balaban J connectivity index is 2.18. The fourth-order valence-electron chi connectivity index (χ4n) is 1.49. The summed E-state index contributed by atoms with van der Waals surface area (Å²) in [5, 5.41) is 6.83. The third-order valence-corrected chi connectivity index (χ3v) is 2.37. The summed E-state index contributed by atoms with van der Waals surface area (Å²) >= 11 is 0. The van der Waals surface area contributed by atoms with Crippen LogP contribution in [0.15, 0.2) is 18.3 Å². The van der Waals surface area contributed by atoms with Gasteiger partial charge in [0.25, 0.3) is 0 Å². The van der Waals surface area contributed by atoms with Crippen LogP contribution in [-0.2, 0) is 19.8 Å². The maximum Gasteiger partial charge on any atom is 0.433 e. The van der Waals surface area contributed by atoms with Gasteiger partial charge in [-0.2, -0.15) is 23.3 Å². The summed E-state index contributed by atoms with van der Waals surface area (Å²) in [7, 11) is 1.74. The number of nitrogens with two attached hydrogens (primary N) is 1. The van der Waals surface area contributed by atoms with Gasteiger partial charge in [-0.15, -0.1) is 0 Å². The largest absolute Gasteiger partial charge is 0.433 e. The van der Waals surface area contributed by atoms with Crippen molar-refractivity contribution in [3.8, 4) is 0 Å². The molecule has 0 saturated carbocycles. The molecule has 0 fully saturated rings. The molecule has 0 unspecified atom stereocenters. The van der Waals surface area contributed by atoms with E-state index in [1.54, 1.807) is 24.0 Å². The quantitative estimate of drug-likeness (QED) is 0.576. The number of hydrazine groups is 1. The standard InChI is InChI=1S/C10H12F3N7/c1-20-3-2-6(19-20)5-15-8-4-7(10(11,12)13)16-9(17-8)18-14/h2-4H,5,14H2,1H3,(H2,15,16,17,18). The first-order valence-electron chi connectivity index (χ1n) is 5.54. The highest BCUT2D eigenvalue weighted by Crippen LogP contribution is 2.29. The van der Waals surface area contributed by atoms with Crippen molar-refractivity contribution in [2.24, 2.45) is 12.9 Å². The maximum atomic E-state index is 12.6. The number of hydrogen-bond donors (Lipinski definition) is 3. The fraction of sp³-hybridized carbons (Fsp3) is 0.300. The number of nitrogens with zero attached hydrogens (tertiary/aromatic N) is 4. The van der Waals surface area contributed by atoms with E-state index >= 15 is 0 Å². The van der Waals surface area contributed by atoms with Crippen LogP contribution in [0, 0.1) is 0 Å². The minimum atomic E-state index is -4.57. The van der Waals surface area contributed by atoms with Gasteiger partial charge in [0.15, 0.2) is 5.69 Å². The van der Waals surface area contributed by atoms with E-state index in [4.69, 9.17) is 5.84 Å². The molecule has 20 heavy (non-hydrogen) atoms. The normalized spacial score (nSPS) is 11.4. The van der Waals surface area contributed by atoms with E-state index in [0.717, 1.165) is 6.07 Å². The van der Waals surface area contributed by atoms with Crippen LogP contribution in [0.5, 0.6) is 0 Å². The number of nitrogens with one attached hydrogen (secondary N) is 2. The van der Waals surface area contributed by atoms with Crippen molar-refractivity contribution in [3.63, 3.8) is 0 Å². The Bertz CT molecular complexity index is 593. The summed E-state index contributed by atoms with van der Waals surface area (Å²) in [5.41, 5.74) is 1.59. The zero-order valence-electron chi connectivity index (χ0n) is 10.4. The molecule has 108 valence electrons. The molecular formula is C10H12F3N7. The molecule has 0 radical (unpaired) electrons. The van der Waals surface area contributed by atoms with Gasteiger partial charge in [0.05, 0.1) is 12.2 Å². The molecule has 4 N–H and O–H groups in total. The van der Waals surface area contributed by atoms with Crippen LogP contribution in [0.3, 0.4) is 0 Å². The number of aromatic nitrogens is 4. The highest BCUT2D eigenvalue weighted by atomic mass is 19.4. The molecule has 0 spiro atoms. The van der Waals surface area contributed by atoms with E-state index in [0.29, 0.717) is 5.69 Å². The van der Waals surface area contributed by atoms with Gasteiger partial charge in [-0.25, -0.2) is 10.8 Å². The van der Waals surface area contributed by atoms with Gasteiger partial charge in [0.1, 0.15) is 5.82 Å². The Hall–Kier alpha value is -2.36. The van der Waals surface area contributed by atoms with Crippen LogP contribution in [0.4, 0.5) is 24.9 Å². The maximum absolute atomic E-state index is 12.6. The number of nitrogen functional groups attached to an aromatic ring is 1. The first kappa shape index (κ1) is 14.1. The molecule has 0 amide bonds. The summed E-state index contributed by atoms with van der Waals surface area (Å²) in [5.74, 6) is 4.74. The van der Waals surface area contributed by atoms with Crippen molar-refractivity contribution < 1.29 is 13.2 Å². The van der Waals surface area contributed by atoms with Crippen LogP contribution >= 0.6 is 0 Å². The minimum Gasteiger partial charge on any atom is -0.364 e. The van der Waals surface area contributed by atoms with Gasteiger partial charge < -0.3 is 5.32 Å². The molecule has 2 aromatic rings. The predicted octanol–water partition coefficient (Wildman–Crippen LogP) is 1.13. The summed E-state index contributed by atoms with van der Waals surface area (Å²) < 4.78 is 39.5. The van der Waals surface area contributed by atoms with Crippen molar-refractivity contribution in [3.05, 3.63) is 29.7 Å². The molecule has 2 rings (SSSR count). The van der Waals surface area contributed by atoms with Gasteiger partial charge in [0.2, 0.25) is 5.95 Å². The monoisotopic (exact) mass is 287 g/mol. The minimum absolute atomic E-state index is 0.00549. The van der Waals surface area contributed by atoms with Gasteiger partial charge in [-0.1, -0.05) is 0 Å². The number of rotatable bonds is 4. The second kappa shape index (κ2) is 5.33. The zero-order valence-corrected chi connectivity index (χ0v) is 10.4. The average molecular weight is 287 g/mol. The summed E-state index contributed by atoms with van der Waals surface area (Å²) in [6.45, 7) is 0.235. The number of anilines is 2. The van der Waals surface area contributed by atoms with E-state index in [1.165, 1.54) is 0 Å². The topological polar surface area (TPSA) is 93.7 Å². The van der Waals surface area contributed by atoms with Crippen molar-refractivity contribution >= 4 is 11.8 Å². The van der Waals surface area contributed by atoms with Gasteiger partial charge in [-0.05, 0) is 6.07 Å². The summed E-state index contributed by atoms with van der Waals surface area (Å²) in [6.07, 6.45) is -2.85. The third-order valence-electron chi connectivity index (χ3n) is 2.37. The van der Waals surface area contributed by atoms with Crippen LogP contribution in [0.1, 0.15) is 11.4 Å².